The van der Waals surface area contributed by atoms with Gasteiger partial charge in [0, 0.05) is 29.7 Å². The van der Waals surface area contributed by atoms with E-state index in [4.69, 9.17) is 0 Å². The molecule has 1 aliphatic rings. The fourth-order valence-electron chi connectivity index (χ4n) is 2.94. The van der Waals surface area contributed by atoms with Crippen molar-refractivity contribution in [3.63, 3.8) is 0 Å². The number of anilines is 1. The molecule has 148 valence electrons. The van der Waals surface area contributed by atoms with Crippen molar-refractivity contribution in [1.29, 1.82) is 0 Å². The maximum Gasteiger partial charge on any atom is 0.321 e. The van der Waals surface area contributed by atoms with E-state index >= 15 is 0 Å². The number of hydrogen-bond donors (Lipinski definition) is 2. The number of rotatable bonds is 5. The van der Waals surface area contributed by atoms with Gasteiger partial charge in [-0.15, -0.1) is 11.8 Å². The van der Waals surface area contributed by atoms with Crippen molar-refractivity contribution >= 4 is 29.4 Å². The number of urea groups is 1. The van der Waals surface area contributed by atoms with E-state index in [1.807, 2.05) is 30.3 Å². The largest absolute Gasteiger partial charge is 0.353 e. The van der Waals surface area contributed by atoms with Gasteiger partial charge in [0.2, 0.25) is 5.91 Å². The molecular weight excluding hydrogens is 384 g/mol. The van der Waals surface area contributed by atoms with E-state index in [0.717, 1.165) is 29.6 Å². The van der Waals surface area contributed by atoms with Crippen LogP contribution in [0.5, 0.6) is 0 Å². The number of carbonyl (C=O) groups is 2. The first-order valence-electron chi connectivity index (χ1n) is 8.99. The lowest BCUT2D eigenvalue weighted by atomic mass is 10.1. The summed E-state index contributed by atoms with van der Waals surface area (Å²) in [6, 6.07) is 12.7. The zero-order valence-electron chi connectivity index (χ0n) is 15.2. The average molecular weight is 405 g/mol. The summed E-state index contributed by atoms with van der Waals surface area (Å²) in [5, 5.41) is 5.79. The van der Waals surface area contributed by atoms with Gasteiger partial charge in [0.05, 0.1) is 5.75 Å². The predicted molar refractivity (Wildman–Crippen MR) is 105 cm³/mol. The monoisotopic (exact) mass is 405 g/mol. The lowest BCUT2D eigenvalue weighted by Gasteiger charge is -2.32. The summed E-state index contributed by atoms with van der Waals surface area (Å²) in [5.41, 5.74) is 0.747. The molecule has 2 N–H and O–H groups in total. The zero-order chi connectivity index (χ0) is 19.9. The van der Waals surface area contributed by atoms with Crippen LogP contribution in [0.3, 0.4) is 0 Å². The molecule has 2 aromatic carbocycles. The molecule has 0 atom stereocenters. The highest BCUT2D eigenvalue weighted by Gasteiger charge is 2.24. The average Bonchev–Trinajstić information content (AvgIpc) is 2.70. The second-order valence-corrected chi connectivity index (χ2v) is 7.54. The topological polar surface area (TPSA) is 61.4 Å². The minimum Gasteiger partial charge on any atom is -0.353 e. The van der Waals surface area contributed by atoms with E-state index in [2.05, 4.69) is 10.6 Å². The van der Waals surface area contributed by atoms with Crippen LogP contribution < -0.4 is 10.6 Å². The second-order valence-electron chi connectivity index (χ2n) is 6.49. The minimum absolute atomic E-state index is 0.00108. The van der Waals surface area contributed by atoms with Crippen LogP contribution in [0.4, 0.5) is 19.3 Å². The van der Waals surface area contributed by atoms with Crippen LogP contribution in [0.2, 0.25) is 0 Å². The van der Waals surface area contributed by atoms with E-state index in [9.17, 15) is 18.4 Å². The summed E-state index contributed by atoms with van der Waals surface area (Å²) >= 11 is 1.15. The maximum atomic E-state index is 13.2. The Kier molecular flexibility index (Phi) is 6.86. The number of thioether (sulfide) groups is 1. The zero-order valence-corrected chi connectivity index (χ0v) is 16.0. The Hall–Kier alpha value is -2.61. The van der Waals surface area contributed by atoms with Crippen molar-refractivity contribution in [1.82, 2.24) is 10.2 Å². The van der Waals surface area contributed by atoms with Crippen molar-refractivity contribution in [3.8, 4) is 0 Å². The van der Waals surface area contributed by atoms with E-state index in [1.165, 1.54) is 6.07 Å². The molecule has 1 fully saturated rings. The molecule has 3 amide bonds. The molecule has 1 aliphatic heterocycles. The Bertz CT molecular complexity index is 827. The summed E-state index contributed by atoms with van der Waals surface area (Å²) in [5.74, 6) is -1.87. The van der Waals surface area contributed by atoms with Crippen molar-refractivity contribution in [2.24, 2.45) is 0 Å². The molecular formula is C20H21F2N3O2S. The third-order valence-corrected chi connectivity index (χ3v) is 5.43. The smallest absolute Gasteiger partial charge is 0.321 e. The quantitative estimate of drug-likeness (QED) is 0.743. The molecule has 0 bridgehead atoms. The van der Waals surface area contributed by atoms with Crippen molar-refractivity contribution < 1.29 is 18.4 Å². The molecule has 1 heterocycles. The molecule has 1 saturated heterocycles. The molecule has 0 aromatic heterocycles. The number of likely N-dealkylation sites (tertiary alicyclic amines) is 1. The second kappa shape index (κ2) is 9.54. The standard InChI is InChI=1S/C20H21F2N3O2S/c21-17-7-6-16(12-18(17)22)28-13-19(26)23-15-8-10-25(11-9-15)20(27)24-14-4-2-1-3-5-14/h1-7,12,15H,8-11,13H2,(H,23,26)(H,24,27). The highest BCUT2D eigenvalue weighted by atomic mass is 32.2. The lowest BCUT2D eigenvalue weighted by Crippen LogP contribution is -2.48. The molecule has 0 aliphatic carbocycles. The number of benzene rings is 2. The van der Waals surface area contributed by atoms with Crippen molar-refractivity contribution in [2.45, 2.75) is 23.8 Å². The van der Waals surface area contributed by atoms with Gasteiger partial charge < -0.3 is 15.5 Å². The molecule has 2 aromatic rings. The number of halogens is 2. The normalized spacial score (nSPS) is 14.6. The number of hydrogen-bond acceptors (Lipinski definition) is 3. The Morgan fingerprint density at radius 3 is 2.43 bits per heavy atom. The molecule has 28 heavy (non-hydrogen) atoms. The van der Waals surface area contributed by atoms with Crippen LogP contribution in [0.15, 0.2) is 53.4 Å². The van der Waals surface area contributed by atoms with Gasteiger partial charge in [0.25, 0.3) is 0 Å². The first-order chi connectivity index (χ1) is 13.5. The Labute approximate surface area is 166 Å². The van der Waals surface area contributed by atoms with Gasteiger partial charge in [-0.3, -0.25) is 4.79 Å². The van der Waals surface area contributed by atoms with Crippen LogP contribution >= 0.6 is 11.8 Å². The summed E-state index contributed by atoms with van der Waals surface area (Å²) in [6.07, 6.45) is 1.34. The Morgan fingerprint density at radius 1 is 1.04 bits per heavy atom. The van der Waals surface area contributed by atoms with Crippen LogP contribution in [0.1, 0.15) is 12.8 Å². The third-order valence-electron chi connectivity index (χ3n) is 4.43. The summed E-state index contributed by atoms with van der Waals surface area (Å²) in [7, 11) is 0. The molecule has 0 saturated carbocycles. The molecule has 8 heteroatoms. The summed E-state index contributed by atoms with van der Waals surface area (Å²) in [4.78, 5) is 26.6. The van der Waals surface area contributed by atoms with Gasteiger partial charge in [0.15, 0.2) is 11.6 Å². The Balaban J connectivity index is 1.39. The first-order valence-corrected chi connectivity index (χ1v) is 9.98. The number of nitrogens with one attached hydrogen (secondary N) is 2. The van der Waals surface area contributed by atoms with Gasteiger partial charge in [-0.1, -0.05) is 18.2 Å². The van der Waals surface area contributed by atoms with Crippen LogP contribution in [-0.2, 0) is 4.79 Å². The molecule has 5 nitrogen and oxygen atoms in total. The minimum atomic E-state index is -0.924. The number of carbonyl (C=O) groups excluding carboxylic acids is 2. The highest BCUT2D eigenvalue weighted by Crippen LogP contribution is 2.20. The maximum absolute atomic E-state index is 13.2. The first kappa shape index (κ1) is 20.1. The van der Waals surface area contributed by atoms with Gasteiger partial charge in [0.1, 0.15) is 0 Å². The SMILES string of the molecule is O=C(CSc1ccc(F)c(F)c1)NC1CCN(C(=O)Nc2ccccc2)CC1. The lowest BCUT2D eigenvalue weighted by molar-refractivity contribution is -0.119. The molecule has 0 radical (unpaired) electrons. The fourth-order valence-corrected chi connectivity index (χ4v) is 3.67. The number of amides is 3. The van der Waals surface area contributed by atoms with Gasteiger partial charge in [-0.2, -0.15) is 0 Å². The van der Waals surface area contributed by atoms with Crippen LogP contribution in [-0.4, -0.2) is 41.7 Å². The molecule has 0 unspecified atom stereocenters. The van der Waals surface area contributed by atoms with E-state index in [0.29, 0.717) is 30.8 Å². The van der Waals surface area contributed by atoms with E-state index in [1.54, 1.807) is 4.90 Å². The van der Waals surface area contributed by atoms with E-state index < -0.39 is 11.6 Å². The molecule has 3 rings (SSSR count). The third kappa shape index (κ3) is 5.69. The van der Waals surface area contributed by atoms with Crippen molar-refractivity contribution in [3.05, 3.63) is 60.2 Å². The Morgan fingerprint density at radius 2 is 1.75 bits per heavy atom. The van der Waals surface area contributed by atoms with Crippen molar-refractivity contribution in [2.75, 3.05) is 24.2 Å². The number of nitrogens with zero attached hydrogens (tertiary/aromatic N) is 1. The van der Waals surface area contributed by atoms with Gasteiger partial charge in [-0.25, -0.2) is 13.6 Å². The van der Waals surface area contributed by atoms with Crippen LogP contribution in [0, 0.1) is 11.6 Å². The fraction of sp³-hybridized carbons (Fsp3) is 0.300. The van der Waals surface area contributed by atoms with Gasteiger partial charge in [-0.05, 0) is 43.2 Å². The predicted octanol–water partition coefficient (Wildman–Crippen LogP) is 3.87. The van der Waals surface area contributed by atoms with E-state index in [-0.39, 0.29) is 23.7 Å². The summed E-state index contributed by atoms with van der Waals surface area (Å²) < 4.78 is 26.1. The van der Waals surface area contributed by atoms with Crippen LogP contribution in [0.25, 0.3) is 0 Å². The number of piperidine rings is 1. The molecule has 0 spiro atoms. The van der Waals surface area contributed by atoms with Gasteiger partial charge >= 0.3 is 6.03 Å². The summed E-state index contributed by atoms with van der Waals surface area (Å²) in [6.45, 7) is 1.11. The highest BCUT2D eigenvalue weighted by molar-refractivity contribution is 8.00. The number of para-hydroxylation sites is 1.